The molecule has 2 N–H and O–H groups in total. The molecule has 18 heavy (non-hydrogen) atoms. The first-order chi connectivity index (χ1) is 8.24. The molecule has 4 nitrogen and oxygen atoms in total. The molecule has 0 bridgehead atoms. The van der Waals surface area contributed by atoms with Gasteiger partial charge in [-0.25, -0.2) is 4.39 Å². The van der Waals surface area contributed by atoms with E-state index in [0.29, 0.717) is 13.1 Å². The van der Waals surface area contributed by atoms with Gasteiger partial charge in [0.15, 0.2) is 18.2 Å². The van der Waals surface area contributed by atoms with Gasteiger partial charge in [-0.05, 0) is 18.7 Å². The number of carbonyl (C=O) groups is 1. The molecule has 0 radical (unpaired) electrons. The predicted molar refractivity (Wildman–Crippen MR) is 70.7 cm³/mol. The zero-order valence-corrected chi connectivity index (χ0v) is 11.1. The Labute approximate surface area is 112 Å². The lowest BCUT2D eigenvalue weighted by Gasteiger charge is -2.08. The van der Waals surface area contributed by atoms with E-state index in [2.05, 4.69) is 10.6 Å². The van der Waals surface area contributed by atoms with Gasteiger partial charge >= 0.3 is 0 Å². The van der Waals surface area contributed by atoms with E-state index < -0.39 is 5.82 Å². The number of hydrogen-bond acceptors (Lipinski definition) is 3. The molecular weight excluding hydrogens is 259 g/mol. The topological polar surface area (TPSA) is 50.4 Å². The van der Waals surface area contributed by atoms with Crippen LogP contribution in [0.1, 0.15) is 6.92 Å². The fourth-order valence-electron chi connectivity index (χ4n) is 1.22. The molecule has 0 aliphatic rings. The summed E-state index contributed by atoms with van der Waals surface area (Å²) in [6.07, 6.45) is 0. The number of rotatable bonds is 7. The van der Waals surface area contributed by atoms with Crippen molar-refractivity contribution in [2.75, 3.05) is 26.2 Å². The summed E-state index contributed by atoms with van der Waals surface area (Å²) in [5, 5.41) is 5.73. The molecule has 1 aromatic rings. The van der Waals surface area contributed by atoms with Gasteiger partial charge in [-0.1, -0.05) is 19.1 Å². The first-order valence-electron chi connectivity index (χ1n) is 5.58. The SMILES string of the molecule is CCNCCNC(=O)COc1ccccc1F.Cl. The minimum atomic E-state index is -0.465. The van der Waals surface area contributed by atoms with Gasteiger partial charge in [-0.15, -0.1) is 12.4 Å². The number of para-hydroxylation sites is 1. The fraction of sp³-hybridized carbons (Fsp3) is 0.417. The molecule has 0 spiro atoms. The highest BCUT2D eigenvalue weighted by Crippen LogP contribution is 2.14. The fourth-order valence-corrected chi connectivity index (χ4v) is 1.22. The molecule has 0 fully saturated rings. The van der Waals surface area contributed by atoms with Gasteiger partial charge in [0.1, 0.15) is 0 Å². The van der Waals surface area contributed by atoms with Crippen molar-refractivity contribution in [1.82, 2.24) is 10.6 Å². The number of halogens is 2. The summed E-state index contributed by atoms with van der Waals surface area (Å²) in [6, 6.07) is 6.00. The van der Waals surface area contributed by atoms with Crippen LogP contribution in [0.5, 0.6) is 5.75 Å². The second-order valence-corrected chi connectivity index (χ2v) is 3.42. The minimum absolute atomic E-state index is 0. The Morgan fingerprint density at radius 3 is 2.72 bits per heavy atom. The van der Waals surface area contributed by atoms with E-state index in [4.69, 9.17) is 4.74 Å². The quantitative estimate of drug-likeness (QED) is 0.739. The summed E-state index contributed by atoms with van der Waals surface area (Å²) in [4.78, 5) is 11.3. The van der Waals surface area contributed by atoms with E-state index >= 15 is 0 Å². The standard InChI is InChI=1S/C12H17FN2O2.ClH/c1-2-14-7-8-15-12(16)9-17-11-6-4-3-5-10(11)13;/h3-6,14H,2,7-9H2,1H3,(H,15,16);1H. The molecule has 6 heteroatoms. The highest BCUT2D eigenvalue weighted by Gasteiger charge is 2.05. The molecule has 0 heterocycles. The molecule has 0 saturated heterocycles. The summed E-state index contributed by atoms with van der Waals surface area (Å²) in [7, 11) is 0. The largest absolute Gasteiger partial charge is 0.481 e. The third-order valence-electron chi connectivity index (χ3n) is 2.07. The third kappa shape index (κ3) is 6.42. The Morgan fingerprint density at radius 1 is 1.33 bits per heavy atom. The van der Waals surface area contributed by atoms with Crippen LogP contribution in [0.3, 0.4) is 0 Å². The maximum absolute atomic E-state index is 13.1. The highest BCUT2D eigenvalue weighted by molar-refractivity contribution is 5.85. The zero-order valence-electron chi connectivity index (χ0n) is 10.2. The first kappa shape index (κ1) is 16.7. The van der Waals surface area contributed by atoms with Crippen molar-refractivity contribution in [3.05, 3.63) is 30.1 Å². The maximum atomic E-state index is 13.1. The van der Waals surface area contributed by atoms with Crippen molar-refractivity contribution in [1.29, 1.82) is 0 Å². The summed E-state index contributed by atoms with van der Waals surface area (Å²) in [5.74, 6) is -0.631. The van der Waals surface area contributed by atoms with Crippen molar-refractivity contribution < 1.29 is 13.9 Å². The Kier molecular flexibility index (Phi) is 8.96. The average molecular weight is 277 g/mol. The zero-order chi connectivity index (χ0) is 12.5. The van der Waals surface area contributed by atoms with Crippen LogP contribution in [-0.4, -0.2) is 32.1 Å². The van der Waals surface area contributed by atoms with Crippen LogP contribution in [-0.2, 0) is 4.79 Å². The van der Waals surface area contributed by atoms with Crippen LogP contribution in [0.2, 0.25) is 0 Å². The van der Waals surface area contributed by atoms with E-state index in [-0.39, 0.29) is 30.7 Å². The normalized spacial score (nSPS) is 9.44. The molecule has 0 aliphatic heterocycles. The van der Waals surface area contributed by atoms with Crippen LogP contribution in [0.25, 0.3) is 0 Å². The van der Waals surface area contributed by atoms with E-state index in [1.54, 1.807) is 12.1 Å². The minimum Gasteiger partial charge on any atom is -0.481 e. The predicted octanol–water partition coefficient (Wildman–Crippen LogP) is 1.35. The Balaban J connectivity index is 0.00000289. The molecule has 0 unspecified atom stereocenters. The Hall–Kier alpha value is -1.33. The molecule has 0 saturated carbocycles. The third-order valence-corrected chi connectivity index (χ3v) is 2.07. The van der Waals surface area contributed by atoms with Gasteiger partial charge in [-0.2, -0.15) is 0 Å². The lowest BCUT2D eigenvalue weighted by molar-refractivity contribution is -0.123. The maximum Gasteiger partial charge on any atom is 0.257 e. The van der Waals surface area contributed by atoms with Crippen LogP contribution in [0.15, 0.2) is 24.3 Å². The first-order valence-corrected chi connectivity index (χ1v) is 5.58. The van der Waals surface area contributed by atoms with Crippen molar-refractivity contribution in [2.24, 2.45) is 0 Å². The van der Waals surface area contributed by atoms with Crippen molar-refractivity contribution in [2.45, 2.75) is 6.92 Å². The Bertz CT molecular complexity index is 364. The van der Waals surface area contributed by atoms with Gasteiger partial charge in [0.25, 0.3) is 5.91 Å². The number of carbonyl (C=O) groups excluding carboxylic acids is 1. The molecule has 1 rings (SSSR count). The van der Waals surface area contributed by atoms with Crippen LogP contribution in [0, 0.1) is 5.82 Å². The van der Waals surface area contributed by atoms with Gasteiger partial charge in [0.05, 0.1) is 0 Å². The van der Waals surface area contributed by atoms with Gasteiger partial charge in [-0.3, -0.25) is 4.79 Å². The average Bonchev–Trinajstić information content (AvgIpc) is 2.34. The number of amides is 1. The van der Waals surface area contributed by atoms with Crippen LogP contribution >= 0.6 is 12.4 Å². The van der Waals surface area contributed by atoms with E-state index in [0.717, 1.165) is 6.54 Å². The molecule has 1 aromatic carbocycles. The summed E-state index contributed by atoms with van der Waals surface area (Å²) >= 11 is 0. The van der Waals surface area contributed by atoms with E-state index in [1.165, 1.54) is 12.1 Å². The van der Waals surface area contributed by atoms with E-state index in [1.807, 2.05) is 6.92 Å². The molecule has 0 atom stereocenters. The van der Waals surface area contributed by atoms with Gasteiger partial charge in [0, 0.05) is 13.1 Å². The molecule has 0 aliphatic carbocycles. The summed E-state index contributed by atoms with van der Waals surface area (Å²) < 4.78 is 18.2. The number of ether oxygens (including phenoxy) is 1. The molecule has 1 amide bonds. The van der Waals surface area contributed by atoms with Crippen molar-refractivity contribution in [3.63, 3.8) is 0 Å². The number of hydrogen-bond donors (Lipinski definition) is 2. The molecular formula is C12H18ClFN2O2. The molecule has 102 valence electrons. The number of nitrogens with one attached hydrogen (secondary N) is 2. The number of benzene rings is 1. The Morgan fingerprint density at radius 2 is 2.06 bits per heavy atom. The number of likely N-dealkylation sites (N-methyl/N-ethyl adjacent to an activating group) is 1. The van der Waals surface area contributed by atoms with Crippen LogP contribution < -0.4 is 15.4 Å². The molecule has 0 aromatic heterocycles. The van der Waals surface area contributed by atoms with Gasteiger partial charge < -0.3 is 15.4 Å². The second-order valence-electron chi connectivity index (χ2n) is 3.42. The van der Waals surface area contributed by atoms with Gasteiger partial charge in [0.2, 0.25) is 0 Å². The summed E-state index contributed by atoms with van der Waals surface area (Å²) in [6.45, 7) is 3.92. The lowest BCUT2D eigenvalue weighted by Crippen LogP contribution is -2.34. The smallest absolute Gasteiger partial charge is 0.257 e. The van der Waals surface area contributed by atoms with Crippen molar-refractivity contribution >= 4 is 18.3 Å². The summed E-state index contributed by atoms with van der Waals surface area (Å²) in [5.41, 5.74) is 0. The second kappa shape index (κ2) is 9.67. The highest BCUT2D eigenvalue weighted by atomic mass is 35.5. The van der Waals surface area contributed by atoms with Crippen molar-refractivity contribution in [3.8, 4) is 5.75 Å². The lowest BCUT2D eigenvalue weighted by atomic mass is 10.3. The van der Waals surface area contributed by atoms with E-state index in [9.17, 15) is 9.18 Å². The van der Waals surface area contributed by atoms with Crippen LogP contribution in [0.4, 0.5) is 4.39 Å². The monoisotopic (exact) mass is 276 g/mol.